The van der Waals surface area contributed by atoms with E-state index in [0.29, 0.717) is 30.9 Å². The molecule has 0 N–H and O–H groups in total. The van der Waals surface area contributed by atoms with E-state index in [-0.39, 0.29) is 36.0 Å². The smallest absolute Gasteiger partial charge is 0.303 e. The largest absolute Gasteiger partial charge is 0.458 e. The number of benzene rings is 1. The van der Waals surface area contributed by atoms with E-state index in [1.807, 2.05) is 31.2 Å². The Balaban J connectivity index is 1.50. The summed E-state index contributed by atoms with van der Waals surface area (Å²) in [5.74, 6) is -0.553. The fourth-order valence-corrected chi connectivity index (χ4v) is 5.27. The molecule has 1 amide bonds. The number of hydrogen-bond acceptors (Lipinski definition) is 7. The molecule has 0 aromatic heterocycles. The van der Waals surface area contributed by atoms with Crippen LogP contribution in [0.25, 0.3) is 0 Å². The Morgan fingerprint density at radius 1 is 1.19 bits per heavy atom. The van der Waals surface area contributed by atoms with Crippen LogP contribution in [-0.4, -0.2) is 73.3 Å². The van der Waals surface area contributed by atoms with Crippen molar-refractivity contribution in [3.05, 3.63) is 59.2 Å². The van der Waals surface area contributed by atoms with Crippen molar-refractivity contribution in [1.29, 1.82) is 0 Å². The SMILES string of the molecule is CC(=O)OC(C)c1ccccc1C(=O)N(CC=C(C)C=C[C@@H]1C[C@]2(CO2)CC(C)(C)O1)C1COCOC1. The second kappa shape index (κ2) is 11.5. The predicted octanol–water partition coefficient (Wildman–Crippen LogP) is 4.35. The Labute approximate surface area is 219 Å². The fraction of sp³-hybridized carbons (Fsp3) is 0.586. The van der Waals surface area contributed by atoms with Gasteiger partial charge >= 0.3 is 5.97 Å². The third-order valence-electron chi connectivity index (χ3n) is 6.99. The van der Waals surface area contributed by atoms with Crippen molar-refractivity contribution in [3.8, 4) is 0 Å². The molecule has 3 atom stereocenters. The van der Waals surface area contributed by atoms with Gasteiger partial charge in [0.05, 0.1) is 43.2 Å². The van der Waals surface area contributed by atoms with Crippen molar-refractivity contribution in [3.63, 3.8) is 0 Å². The van der Waals surface area contributed by atoms with Gasteiger partial charge in [0, 0.05) is 37.4 Å². The summed E-state index contributed by atoms with van der Waals surface area (Å²) in [7, 11) is 0. The molecular formula is C29H39NO7. The Bertz CT molecular complexity index is 1030. The first kappa shape index (κ1) is 27.5. The number of carbonyl (C=O) groups excluding carboxylic acids is 2. The van der Waals surface area contributed by atoms with Crippen LogP contribution in [0.3, 0.4) is 0 Å². The number of rotatable bonds is 8. The van der Waals surface area contributed by atoms with E-state index in [1.54, 1.807) is 17.9 Å². The molecule has 3 fully saturated rings. The van der Waals surface area contributed by atoms with Crippen LogP contribution in [0, 0.1) is 0 Å². The average Bonchev–Trinajstić information content (AvgIpc) is 3.59. The summed E-state index contributed by atoms with van der Waals surface area (Å²) >= 11 is 0. The van der Waals surface area contributed by atoms with Gasteiger partial charge in [-0.1, -0.05) is 42.0 Å². The molecule has 3 saturated heterocycles. The van der Waals surface area contributed by atoms with Crippen LogP contribution in [0.1, 0.15) is 69.5 Å². The molecule has 1 aromatic rings. The molecular weight excluding hydrogens is 474 g/mol. The van der Waals surface area contributed by atoms with Gasteiger partial charge in [-0.3, -0.25) is 9.59 Å². The topological polar surface area (TPSA) is 86.8 Å². The van der Waals surface area contributed by atoms with Gasteiger partial charge in [-0.2, -0.15) is 0 Å². The standard InChI is InChI=1S/C29H39NO7/c1-20(10-11-24-14-29(18-35-29)17-28(4,5)37-24)12-13-30(23-15-33-19-34-16-23)27(32)26-9-7-6-8-25(26)21(2)36-22(3)31/h6-12,21,23-24H,13-19H2,1-5H3/t21?,24-,29-/m1/s1. The number of nitrogens with zero attached hydrogens (tertiary/aromatic N) is 1. The van der Waals surface area contributed by atoms with Gasteiger partial charge in [-0.05, 0) is 33.8 Å². The van der Waals surface area contributed by atoms with Crippen LogP contribution in [0.15, 0.2) is 48.1 Å². The normalized spacial score (nSPS) is 26.7. The van der Waals surface area contributed by atoms with Crippen molar-refractivity contribution in [2.45, 2.75) is 76.9 Å². The van der Waals surface area contributed by atoms with Crippen molar-refractivity contribution < 1.29 is 33.3 Å². The van der Waals surface area contributed by atoms with Crippen molar-refractivity contribution in [1.82, 2.24) is 4.90 Å². The van der Waals surface area contributed by atoms with Gasteiger partial charge in [-0.25, -0.2) is 0 Å². The van der Waals surface area contributed by atoms with Crippen molar-refractivity contribution >= 4 is 11.9 Å². The van der Waals surface area contributed by atoms with Crippen LogP contribution < -0.4 is 0 Å². The van der Waals surface area contributed by atoms with Crippen LogP contribution in [0.2, 0.25) is 0 Å². The quantitative estimate of drug-likeness (QED) is 0.290. The van der Waals surface area contributed by atoms with Crippen molar-refractivity contribution in [2.75, 3.05) is 33.2 Å². The van der Waals surface area contributed by atoms with Gasteiger partial charge in [-0.15, -0.1) is 0 Å². The molecule has 0 bridgehead atoms. The predicted molar refractivity (Wildman–Crippen MR) is 138 cm³/mol. The number of carbonyl (C=O) groups is 2. The van der Waals surface area contributed by atoms with Crippen molar-refractivity contribution in [2.24, 2.45) is 0 Å². The van der Waals surface area contributed by atoms with E-state index in [0.717, 1.165) is 25.0 Å². The monoisotopic (exact) mass is 513 g/mol. The second-order valence-corrected chi connectivity index (χ2v) is 10.9. The third kappa shape index (κ3) is 7.29. The maximum atomic E-state index is 13.8. The first-order valence-electron chi connectivity index (χ1n) is 13.0. The van der Waals surface area contributed by atoms with Gasteiger partial charge in [0.1, 0.15) is 12.9 Å². The second-order valence-electron chi connectivity index (χ2n) is 10.9. The highest BCUT2D eigenvalue weighted by Crippen LogP contribution is 2.46. The number of hydrogen-bond donors (Lipinski definition) is 0. The molecule has 0 aliphatic carbocycles. The highest BCUT2D eigenvalue weighted by molar-refractivity contribution is 5.96. The van der Waals surface area contributed by atoms with E-state index < -0.39 is 12.1 Å². The van der Waals surface area contributed by atoms with Gasteiger partial charge in [0.15, 0.2) is 0 Å². The minimum absolute atomic E-state index is 0.0119. The van der Waals surface area contributed by atoms with E-state index in [4.69, 9.17) is 23.7 Å². The van der Waals surface area contributed by atoms with E-state index in [1.165, 1.54) is 6.92 Å². The van der Waals surface area contributed by atoms with E-state index in [2.05, 4.69) is 26.0 Å². The highest BCUT2D eigenvalue weighted by atomic mass is 16.7. The molecule has 0 radical (unpaired) electrons. The lowest BCUT2D eigenvalue weighted by Gasteiger charge is -2.38. The van der Waals surface area contributed by atoms with Crippen LogP contribution in [0.4, 0.5) is 0 Å². The molecule has 37 heavy (non-hydrogen) atoms. The Morgan fingerprint density at radius 2 is 1.89 bits per heavy atom. The zero-order valence-electron chi connectivity index (χ0n) is 22.5. The maximum absolute atomic E-state index is 13.8. The minimum atomic E-state index is -0.544. The molecule has 3 aliphatic heterocycles. The first-order valence-corrected chi connectivity index (χ1v) is 13.0. The van der Waals surface area contributed by atoms with Crippen LogP contribution in [0.5, 0.6) is 0 Å². The van der Waals surface area contributed by atoms with Gasteiger partial charge in [0.25, 0.3) is 5.91 Å². The summed E-state index contributed by atoms with van der Waals surface area (Å²) < 4.78 is 28.4. The summed E-state index contributed by atoms with van der Waals surface area (Å²) in [6.45, 7) is 11.6. The molecule has 1 unspecified atom stereocenters. The van der Waals surface area contributed by atoms with Gasteiger partial charge in [0.2, 0.25) is 0 Å². The van der Waals surface area contributed by atoms with E-state index >= 15 is 0 Å². The summed E-state index contributed by atoms with van der Waals surface area (Å²) in [5, 5.41) is 0. The fourth-order valence-electron chi connectivity index (χ4n) is 5.27. The average molecular weight is 514 g/mol. The molecule has 1 aromatic carbocycles. The first-order chi connectivity index (χ1) is 17.6. The highest BCUT2D eigenvalue weighted by Gasteiger charge is 2.53. The summed E-state index contributed by atoms with van der Waals surface area (Å²) in [5.41, 5.74) is 1.93. The zero-order valence-corrected chi connectivity index (χ0v) is 22.5. The Hall–Kier alpha value is -2.52. The molecule has 4 rings (SSSR count). The summed E-state index contributed by atoms with van der Waals surface area (Å²) in [4.78, 5) is 27.1. The zero-order chi connectivity index (χ0) is 26.6. The lowest BCUT2D eigenvalue weighted by atomic mass is 9.85. The van der Waals surface area contributed by atoms with Gasteiger partial charge < -0.3 is 28.6 Å². The Kier molecular flexibility index (Phi) is 8.53. The molecule has 8 heteroatoms. The number of epoxide rings is 1. The van der Waals surface area contributed by atoms with Crippen LogP contribution >= 0.6 is 0 Å². The third-order valence-corrected chi connectivity index (χ3v) is 6.99. The minimum Gasteiger partial charge on any atom is -0.458 e. The lowest BCUT2D eigenvalue weighted by molar-refractivity contribution is -0.145. The van der Waals surface area contributed by atoms with Crippen LogP contribution in [-0.2, 0) is 28.5 Å². The molecule has 8 nitrogen and oxygen atoms in total. The summed E-state index contributed by atoms with van der Waals surface area (Å²) in [6.07, 6.45) is 7.39. The van der Waals surface area contributed by atoms with E-state index in [9.17, 15) is 9.59 Å². The number of esters is 1. The number of allylic oxidation sites excluding steroid dienone is 2. The molecule has 0 saturated carbocycles. The maximum Gasteiger partial charge on any atom is 0.303 e. The lowest BCUT2D eigenvalue weighted by Crippen LogP contribution is -2.48. The number of amides is 1. The molecule has 3 aliphatic rings. The Morgan fingerprint density at radius 3 is 2.57 bits per heavy atom. The number of ether oxygens (including phenoxy) is 5. The summed E-state index contributed by atoms with van der Waals surface area (Å²) in [6, 6.07) is 7.00. The molecule has 1 spiro atoms. The molecule has 3 heterocycles. The molecule has 202 valence electrons.